The molecule has 1 amide bonds. The Morgan fingerprint density at radius 2 is 1.94 bits per heavy atom. The first kappa shape index (κ1) is 20.6. The molecule has 0 saturated carbocycles. The third-order valence-corrected chi connectivity index (χ3v) is 5.11. The Morgan fingerprint density at radius 3 is 2.68 bits per heavy atom. The number of carbonyl (C=O) groups excluding carboxylic acids is 1. The number of halogens is 1. The summed E-state index contributed by atoms with van der Waals surface area (Å²) in [4.78, 5) is 19.7. The van der Waals surface area contributed by atoms with Gasteiger partial charge in [-0.1, -0.05) is 30.3 Å². The molecule has 7 heteroatoms. The number of carbonyl (C=O) groups is 1. The fourth-order valence-corrected chi connectivity index (χ4v) is 3.52. The van der Waals surface area contributed by atoms with Crippen LogP contribution in [0.25, 0.3) is 22.7 Å². The Morgan fingerprint density at radius 1 is 1.13 bits per heavy atom. The fourth-order valence-electron chi connectivity index (χ4n) is 2.97. The number of rotatable bonds is 6. The molecule has 4 aromatic rings. The van der Waals surface area contributed by atoms with Crippen molar-refractivity contribution in [2.45, 2.75) is 0 Å². The number of para-hydroxylation sites is 2. The SMILES string of the molecule is N#C/C(=C\c1ccc(OCC(=O)Nc2cccc(I)c2)cc1)c1nc2ccccc2[nH]1. The first-order valence-electron chi connectivity index (χ1n) is 9.46. The second kappa shape index (κ2) is 9.45. The molecule has 0 bridgehead atoms. The fraction of sp³-hybridized carbons (Fsp3) is 0.0417. The minimum absolute atomic E-state index is 0.0942. The largest absolute Gasteiger partial charge is 0.484 e. The number of nitrogens with zero attached hydrogens (tertiary/aromatic N) is 2. The molecule has 0 saturated heterocycles. The van der Waals surface area contributed by atoms with Crippen molar-refractivity contribution in [1.82, 2.24) is 9.97 Å². The number of nitrogens with one attached hydrogen (secondary N) is 2. The maximum absolute atomic E-state index is 12.1. The standard InChI is InChI=1S/C24H17IN4O2/c25-18-4-3-5-19(13-18)27-23(30)15-31-20-10-8-16(9-11-20)12-17(14-26)24-28-21-6-1-2-7-22(21)29-24/h1-13H,15H2,(H,27,30)(H,28,29)/b17-12+. The van der Waals surface area contributed by atoms with E-state index in [4.69, 9.17) is 4.74 Å². The topological polar surface area (TPSA) is 90.8 Å². The molecule has 0 aliphatic carbocycles. The molecular formula is C24H17IN4O2. The van der Waals surface area contributed by atoms with Crippen molar-refractivity contribution in [1.29, 1.82) is 5.26 Å². The van der Waals surface area contributed by atoms with Crippen molar-refractivity contribution in [3.05, 3.63) is 87.8 Å². The number of anilines is 1. The number of ether oxygens (including phenoxy) is 1. The van der Waals surface area contributed by atoms with E-state index in [0.717, 1.165) is 25.9 Å². The molecule has 3 aromatic carbocycles. The number of aromatic nitrogens is 2. The molecule has 31 heavy (non-hydrogen) atoms. The van der Waals surface area contributed by atoms with Crippen molar-refractivity contribution < 1.29 is 9.53 Å². The number of imidazole rings is 1. The highest BCUT2D eigenvalue weighted by Crippen LogP contribution is 2.21. The van der Waals surface area contributed by atoms with Gasteiger partial charge < -0.3 is 15.0 Å². The molecule has 0 unspecified atom stereocenters. The molecule has 0 spiro atoms. The van der Waals surface area contributed by atoms with Crippen LogP contribution in [0.3, 0.4) is 0 Å². The van der Waals surface area contributed by atoms with Gasteiger partial charge >= 0.3 is 0 Å². The molecule has 2 N–H and O–H groups in total. The maximum atomic E-state index is 12.1. The van der Waals surface area contributed by atoms with E-state index in [1.165, 1.54) is 0 Å². The van der Waals surface area contributed by atoms with E-state index in [9.17, 15) is 10.1 Å². The predicted molar refractivity (Wildman–Crippen MR) is 129 cm³/mol. The molecule has 0 fully saturated rings. The lowest BCUT2D eigenvalue weighted by atomic mass is 10.1. The lowest BCUT2D eigenvalue weighted by Gasteiger charge is -2.08. The van der Waals surface area contributed by atoms with Crippen molar-refractivity contribution in [3.8, 4) is 11.8 Å². The van der Waals surface area contributed by atoms with E-state index in [0.29, 0.717) is 17.1 Å². The van der Waals surface area contributed by atoms with Crippen LogP contribution in [0.5, 0.6) is 5.75 Å². The summed E-state index contributed by atoms with van der Waals surface area (Å²) in [5, 5.41) is 12.4. The Balaban J connectivity index is 1.40. The summed E-state index contributed by atoms with van der Waals surface area (Å²) in [6, 6.07) is 24.5. The zero-order valence-electron chi connectivity index (χ0n) is 16.3. The first-order chi connectivity index (χ1) is 15.1. The third-order valence-electron chi connectivity index (χ3n) is 4.43. The summed E-state index contributed by atoms with van der Waals surface area (Å²) in [7, 11) is 0. The molecule has 0 atom stereocenters. The summed E-state index contributed by atoms with van der Waals surface area (Å²) in [6.07, 6.45) is 1.76. The number of hydrogen-bond donors (Lipinski definition) is 2. The van der Waals surface area contributed by atoms with Crippen LogP contribution in [0, 0.1) is 14.9 Å². The highest BCUT2D eigenvalue weighted by molar-refractivity contribution is 14.1. The van der Waals surface area contributed by atoms with E-state index >= 15 is 0 Å². The second-order valence-corrected chi connectivity index (χ2v) is 7.93. The number of fused-ring (bicyclic) bond motifs is 1. The Labute approximate surface area is 192 Å². The zero-order valence-corrected chi connectivity index (χ0v) is 18.5. The number of amides is 1. The molecule has 1 heterocycles. The van der Waals surface area contributed by atoms with Gasteiger partial charge in [-0.3, -0.25) is 4.79 Å². The van der Waals surface area contributed by atoms with Gasteiger partial charge in [0.15, 0.2) is 6.61 Å². The lowest BCUT2D eigenvalue weighted by Crippen LogP contribution is -2.20. The Bertz CT molecular complexity index is 1270. The molecule has 0 aliphatic heterocycles. The van der Waals surface area contributed by atoms with Crippen LogP contribution < -0.4 is 10.1 Å². The summed E-state index contributed by atoms with van der Waals surface area (Å²) in [5.74, 6) is 0.857. The van der Waals surface area contributed by atoms with Crippen LogP contribution in [0.15, 0.2) is 72.8 Å². The van der Waals surface area contributed by atoms with E-state index < -0.39 is 0 Å². The van der Waals surface area contributed by atoms with Crippen molar-refractivity contribution >= 4 is 56.9 Å². The Hall–Kier alpha value is -3.64. The van der Waals surface area contributed by atoms with Crippen molar-refractivity contribution in [2.75, 3.05) is 11.9 Å². The zero-order chi connectivity index (χ0) is 21.6. The number of hydrogen-bond acceptors (Lipinski definition) is 4. The Kier molecular flexibility index (Phi) is 6.29. The molecule has 4 rings (SSSR count). The maximum Gasteiger partial charge on any atom is 0.262 e. The van der Waals surface area contributed by atoms with Gasteiger partial charge in [-0.2, -0.15) is 5.26 Å². The average Bonchev–Trinajstić information content (AvgIpc) is 3.21. The van der Waals surface area contributed by atoms with E-state index in [1.54, 1.807) is 18.2 Å². The average molecular weight is 520 g/mol. The molecule has 1 aromatic heterocycles. The normalized spacial score (nSPS) is 11.2. The van der Waals surface area contributed by atoms with Crippen LogP contribution >= 0.6 is 22.6 Å². The smallest absolute Gasteiger partial charge is 0.262 e. The van der Waals surface area contributed by atoms with Gasteiger partial charge in [0.1, 0.15) is 17.6 Å². The van der Waals surface area contributed by atoms with Gasteiger partial charge in [0.05, 0.1) is 16.6 Å². The highest BCUT2D eigenvalue weighted by Gasteiger charge is 2.08. The predicted octanol–water partition coefficient (Wildman–Crippen LogP) is 5.25. The lowest BCUT2D eigenvalue weighted by molar-refractivity contribution is -0.118. The van der Waals surface area contributed by atoms with Crippen molar-refractivity contribution in [2.24, 2.45) is 0 Å². The molecule has 0 radical (unpaired) electrons. The quantitative estimate of drug-likeness (QED) is 0.269. The van der Waals surface area contributed by atoms with Crippen molar-refractivity contribution in [3.63, 3.8) is 0 Å². The minimum Gasteiger partial charge on any atom is -0.484 e. The highest BCUT2D eigenvalue weighted by atomic mass is 127. The van der Waals surface area contributed by atoms with Gasteiger partial charge in [-0.15, -0.1) is 0 Å². The summed E-state index contributed by atoms with van der Waals surface area (Å²) < 4.78 is 6.60. The second-order valence-electron chi connectivity index (χ2n) is 6.69. The van der Waals surface area contributed by atoms with Gasteiger partial charge in [0.25, 0.3) is 5.91 Å². The summed E-state index contributed by atoms with van der Waals surface area (Å²) in [6.45, 7) is -0.0942. The van der Waals surface area contributed by atoms with Gasteiger partial charge in [0, 0.05) is 9.26 Å². The van der Waals surface area contributed by atoms with E-state index in [2.05, 4.69) is 43.9 Å². The molecule has 152 valence electrons. The van der Waals surface area contributed by atoms with Crippen LogP contribution in [0.4, 0.5) is 5.69 Å². The van der Waals surface area contributed by atoms with Gasteiger partial charge in [-0.25, -0.2) is 4.98 Å². The molecule has 0 aliphatic rings. The van der Waals surface area contributed by atoms with Gasteiger partial charge in [0.2, 0.25) is 0 Å². The van der Waals surface area contributed by atoms with Crippen LogP contribution in [-0.2, 0) is 4.79 Å². The summed E-state index contributed by atoms with van der Waals surface area (Å²) in [5.41, 5.74) is 3.68. The van der Waals surface area contributed by atoms with Crippen LogP contribution in [-0.4, -0.2) is 22.5 Å². The number of H-pyrrole nitrogens is 1. The molecule has 6 nitrogen and oxygen atoms in total. The van der Waals surface area contributed by atoms with Gasteiger partial charge in [-0.05, 0) is 76.7 Å². The minimum atomic E-state index is -0.234. The third kappa shape index (κ3) is 5.29. The first-order valence-corrected chi connectivity index (χ1v) is 10.5. The van der Waals surface area contributed by atoms with E-state index in [1.807, 2.05) is 60.7 Å². The van der Waals surface area contributed by atoms with Crippen LogP contribution in [0.1, 0.15) is 11.4 Å². The monoisotopic (exact) mass is 520 g/mol. The van der Waals surface area contributed by atoms with E-state index in [-0.39, 0.29) is 12.5 Å². The van der Waals surface area contributed by atoms with Crippen LogP contribution in [0.2, 0.25) is 0 Å². The number of benzene rings is 3. The number of aromatic amines is 1. The molecular weight excluding hydrogens is 503 g/mol. The number of nitriles is 1. The number of allylic oxidation sites excluding steroid dienone is 1. The summed E-state index contributed by atoms with van der Waals surface area (Å²) >= 11 is 2.19.